The first-order chi connectivity index (χ1) is 12.0. The number of carbonyl (C=O) groups is 2. The van der Waals surface area contributed by atoms with Crippen molar-refractivity contribution in [1.82, 2.24) is 5.43 Å². The van der Waals surface area contributed by atoms with E-state index in [4.69, 9.17) is 0 Å². The van der Waals surface area contributed by atoms with Crippen LogP contribution in [0.15, 0.2) is 59.7 Å². The van der Waals surface area contributed by atoms with Crippen LogP contribution in [0.2, 0.25) is 0 Å². The maximum absolute atomic E-state index is 12.2. The minimum Gasteiger partial charge on any atom is -0.326 e. The molecular weight excluding hydrogens is 314 g/mol. The summed E-state index contributed by atoms with van der Waals surface area (Å²) in [6.45, 7) is 5.64. The molecular formula is C20H23N3O2. The van der Waals surface area contributed by atoms with Crippen molar-refractivity contribution in [3.63, 3.8) is 0 Å². The molecule has 0 spiro atoms. The Morgan fingerprint density at radius 3 is 2.16 bits per heavy atom. The van der Waals surface area contributed by atoms with Crippen LogP contribution in [0, 0.1) is 5.92 Å². The van der Waals surface area contributed by atoms with E-state index in [-0.39, 0.29) is 17.7 Å². The average Bonchev–Trinajstić information content (AvgIpc) is 2.63. The van der Waals surface area contributed by atoms with Crippen LogP contribution in [0.3, 0.4) is 0 Å². The largest absolute Gasteiger partial charge is 0.326 e. The van der Waals surface area contributed by atoms with Crippen LogP contribution in [0.5, 0.6) is 0 Å². The average molecular weight is 337 g/mol. The zero-order valence-electron chi connectivity index (χ0n) is 14.7. The van der Waals surface area contributed by atoms with Crippen LogP contribution in [-0.2, 0) is 4.79 Å². The van der Waals surface area contributed by atoms with Gasteiger partial charge in [-0.2, -0.15) is 5.10 Å². The van der Waals surface area contributed by atoms with Crippen LogP contribution in [0.25, 0.3) is 0 Å². The number of hydrogen-bond acceptors (Lipinski definition) is 3. The number of hydrogen-bond donors (Lipinski definition) is 2. The molecule has 2 aromatic carbocycles. The number of hydrazone groups is 1. The molecule has 0 fully saturated rings. The summed E-state index contributed by atoms with van der Waals surface area (Å²) in [4.78, 5) is 23.9. The Kier molecular flexibility index (Phi) is 6.46. The van der Waals surface area contributed by atoms with E-state index in [0.717, 1.165) is 11.3 Å². The van der Waals surface area contributed by atoms with Crippen LogP contribution in [-0.4, -0.2) is 17.5 Å². The third kappa shape index (κ3) is 5.28. The molecule has 0 unspecified atom stereocenters. The molecule has 0 atom stereocenters. The van der Waals surface area contributed by atoms with Gasteiger partial charge in [0.2, 0.25) is 5.91 Å². The number of benzene rings is 2. The third-order valence-corrected chi connectivity index (χ3v) is 3.67. The van der Waals surface area contributed by atoms with Crippen molar-refractivity contribution >= 4 is 23.2 Å². The van der Waals surface area contributed by atoms with Gasteiger partial charge < -0.3 is 5.32 Å². The first-order valence-electron chi connectivity index (χ1n) is 8.34. The van der Waals surface area contributed by atoms with Gasteiger partial charge in [0.15, 0.2) is 0 Å². The number of nitrogens with one attached hydrogen (secondary N) is 2. The maximum Gasteiger partial charge on any atom is 0.271 e. The van der Waals surface area contributed by atoms with Crippen LogP contribution in [0.1, 0.15) is 43.1 Å². The zero-order valence-corrected chi connectivity index (χ0v) is 14.7. The molecule has 25 heavy (non-hydrogen) atoms. The second-order valence-corrected chi connectivity index (χ2v) is 5.94. The standard InChI is InChI=1S/C20H23N3O2/c1-4-18(15-8-6-5-7-9-15)22-23-20(25)16-10-12-17(13-11-16)21-19(24)14(2)3/h5-14H,4H2,1-3H3,(H,21,24)(H,23,25). The lowest BCUT2D eigenvalue weighted by molar-refractivity contribution is -0.118. The van der Waals surface area contributed by atoms with Crippen molar-refractivity contribution in [1.29, 1.82) is 0 Å². The van der Waals surface area contributed by atoms with E-state index >= 15 is 0 Å². The number of nitrogens with zero attached hydrogens (tertiary/aromatic N) is 1. The number of carbonyl (C=O) groups excluding carboxylic acids is 2. The Balaban J connectivity index is 2.03. The lowest BCUT2D eigenvalue weighted by Crippen LogP contribution is -2.20. The van der Waals surface area contributed by atoms with Gasteiger partial charge in [-0.15, -0.1) is 0 Å². The van der Waals surface area contributed by atoms with Crippen molar-refractivity contribution in [2.75, 3.05) is 5.32 Å². The Morgan fingerprint density at radius 2 is 1.60 bits per heavy atom. The molecule has 0 bridgehead atoms. The van der Waals surface area contributed by atoms with E-state index < -0.39 is 0 Å². The van der Waals surface area contributed by atoms with Crippen LogP contribution >= 0.6 is 0 Å². The fourth-order valence-electron chi connectivity index (χ4n) is 2.15. The molecule has 2 N–H and O–H groups in total. The third-order valence-electron chi connectivity index (χ3n) is 3.67. The molecule has 2 rings (SSSR count). The summed E-state index contributed by atoms with van der Waals surface area (Å²) in [6.07, 6.45) is 0.713. The molecule has 130 valence electrons. The van der Waals surface area contributed by atoms with Crippen LogP contribution in [0.4, 0.5) is 5.69 Å². The van der Waals surface area contributed by atoms with Gasteiger partial charge in [-0.05, 0) is 36.2 Å². The molecule has 0 aliphatic carbocycles. The summed E-state index contributed by atoms with van der Waals surface area (Å²) < 4.78 is 0. The smallest absolute Gasteiger partial charge is 0.271 e. The second-order valence-electron chi connectivity index (χ2n) is 5.94. The predicted octanol–water partition coefficient (Wildman–Crippen LogP) is 3.83. The molecule has 0 saturated heterocycles. The molecule has 2 amide bonds. The van der Waals surface area contributed by atoms with Crippen molar-refractivity contribution in [2.24, 2.45) is 11.0 Å². The minimum atomic E-state index is -0.288. The normalized spacial score (nSPS) is 11.3. The zero-order chi connectivity index (χ0) is 18.2. The summed E-state index contributed by atoms with van der Waals surface area (Å²) in [6, 6.07) is 16.5. The number of rotatable bonds is 6. The Hall–Kier alpha value is -2.95. The minimum absolute atomic E-state index is 0.0581. The lowest BCUT2D eigenvalue weighted by atomic mass is 10.1. The highest BCUT2D eigenvalue weighted by Gasteiger charge is 2.09. The van der Waals surface area contributed by atoms with Gasteiger partial charge in [-0.1, -0.05) is 51.1 Å². The Bertz CT molecular complexity index is 750. The van der Waals surface area contributed by atoms with Crippen molar-refractivity contribution in [3.8, 4) is 0 Å². The second kappa shape index (κ2) is 8.78. The van der Waals surface area contributed by atoms with E-state index in [1.165, 1.54) is 0 Å². The predicted molar refractivity (Wildman–Crippen MR) is 101 cm³/mol. The number of amides is 2. The molecule has 0 aromatic heterocycles. The fraction of sp³-hybridized carbons (Fsp3) is 0.250. The van der Waals surface area contributed by atoms with E-state index in [1.54, 1.807) is 24.3 Å². The molecule has 0 radical (unpaired) electrons. The SMILES string of the molecule is CCC(=NNC(=O)c1ccc(NC(=O)C(C)C)cc1)c1ccccc1. The highest BCUT2D eigenvalue weighted by atomic mass is 16.2. The van der Waals surface area contributed by atoms with Gasteiger partial charge in [-0.25, -0.2) is 5.43 Å². The topological polar surface area (TPSA) is 70.6 Å². The van der Waals surface area contributed by atoms with Crippen molar-refractivity contribution < 1.29 is 9.59 Å². The fourth-order valence-corrected chi connectivity index (χ4v) is 2.15. The first-order valence-corrected chi connectivity index (χ1v) is 8.34. The van der Waals surface area contributed by atoms with Crippen LogP contribution < -0.4 is 10.7 Å². The summed E-state index contributed by atoms with van der Waals surface area (Å²) in [5, 5.41) is 7.02. The van der Waals surface area contributed by atoms with E-state index in [2.05, 4.69) is 15.8 Å². The van der Waals surface area contributed by atoms with Gasteiger partial charge in [0, 0.05) is 17.2 Å². The highest BCUT2D eigenvalue weighted by molar-refractivity contribution is 6.02. The molecule has 2 aromatic rings. The van der Waals surface area contributed by atoms with Gasteiger partial charge in [-0.3, -0.25) is 9.59 Å². The van der Waals surface area contributed by atoms with E-state index in [9.17, 15) is 9.59 Å². The Morgan fingerprint density at radius 1 is 0.960 bits per heavy atom. The number of anilines is 1. The summed E-state index contributed by atoms with van der Waals surface area (Å²) in [5.41, 5.74) is 5.53. The van der Waals surface area contributed by atoms with Gasteiger partial charge >= 0.3 is 0 Å². The summed E-state index contributed by atoms with van der Waals surface area (Å²) in [5.74, 6) is -0.441. The lowest BCUT2D eigenvalue weighted by Gasteiger charge is -2.08. The van der Waals surface area contributed by atoms with E-state index in [0.29, 0.717) is 17.7 Å². The Labute approximate surface area is 148 Å². The van der Waals surface area contributed by atoms with E-state index in [1.807, 2.05) is 51.1 Å². The molecule has 0 saturated carbocycles. The highest BCUT2D eigenvalue weighted by Crippen LogP contribution is 2.11. The monoisotopic (exact) mass is 337 g/mol. The molecule has 5 heteroatoms. The maximum atomic E-state index is 12.2. The van der Waals surface area contributed by atoms with Crippen molar-refractivity contribution in [2.45, 2.75) is 27.2 Å². The van der Waals surface area contributed by atoms with Gasteiger partial charge in [0.05, 0.1) is 5.71 Å². The van der Waals surface area contributed by atoms with Gasteiger partial charge in [0.1, 0.15) is 0 Å². The summed E-state index contributed by atoms with van der Waals surface area (Å²) in [7, 11) is 0. The molecule has 5 nitrogen and oxygen atoms in total. The molecule has 0 aliphatic rings. The first kappa shape index (κ1) is 18.4. The summed E-state index contributed by atoms with van der Waals surface area (Å²) >= 11 is 0. The van der Waals surface area contributed by atoms with Crippen molar-refractivity contribution in [3.05, 3.63) is 65.7 Å². The molecule has 0 heterocycles. The quantitative estimate of drug-likeness (QED) is 0.621. The molecule has 0 aliphatic heterocycles. The van der Waals surface area contributed by atoms with Gasteiger partial charge in [0.25, 0.3) is 5.91 Å².